The molecule has 1 unspecified atom stereocenters. The molecule has 0 saturated heterocycles. The van der Waals surface area contributed by atoms with E-state index in [1.165, 1.54) is 18.2 Å². The average Bonchev–Trinajstić information content (AvgIpc) is 3.47. The quantitative estimate of drug-likeness (QED) is 0.437. The largest absolute Gasteiger partial charge is 0.573 e. The summed E-state index contributed by atoms with van der Waals surface area (Å²) in [4.78, 5) is 14.2. The predicted molar refractivity (Wildman–Crippen MR) is 114 cm³/mol. The smallest absolute Gasteiger partial charge is 0.497 e. The fourth-order valence-corrected chi connectivity index (χ4v) is 4.00. The van der Waals surface area contributed by atoms with E-state index in [1.807, 2.05) is 24.3 Å². The molecule has 1 N–H and O–H groups in total. The molecule has 11 heteroatoms. The third kappa shape index (κ3) is 4.74. The standard InChI is InChI=1S/C23H20F3N5O3/c1-32-16-7-5-15(6-8-16)21-29-22(34-30-21)20-10-18-19(28-13-27-18)12-31(20)11-14-3-2-4-17(9-14)33-23(24,25)26/h2-9,13,20H,10-12H2,1H3,(H,27,28). The van der Waals surface area contributed by atoms with Gasteiger partial charge in [0.05, 0.1) is 30.9 Å². The molecule has 0 spiro atoms. The van der Waals surface area contributed by atoms with Crippen LogP contribution in [0.2, 0.25) is 0 Å². The number of ether oxygens (including phenoxy) is 2. The third-order valence-electron chi connectivity index (χ3n) is 5.59. The normalized spacial score (nSPS) is 16.3. The van der Waals surface area contributed by atoms with Crippen LogP contribution in [0.5, 0.6) is 11.5 Å². The summed E-state index contributed by atoms with van der Waals surface area (Å²) < 4.78 is 52.8. The highest BCUT2D eigenvalue weighted by Gasteiger charge is 2.34. The predicted octanol–water partition coefficient (Wildman–Crippen LogP) is 4.67. The van der Waals surface area contributed by atoms with Gasteiger partial charge in [0, 0.05) is 25.1 Å². The van der Waals surface area contributed by atoms with Crippen LogP contribution < -0.4 is 9.47 Å². The minimum absolute atomic E-state index is 0.264. The molecule has 2 aromatic carbocycles. The fraction of sp³-hybridized carbons (Fsp3) is 0.261. The van der Waals surface area contributed by atoms with Crippen LogP contribution in [0.4, 0.5) is 13.2 Å². The minimum Gasteiger partial charge on any atom is -0.497 e. The van der Waals surface area contributed by atoms with Crippen LogP contribution in [0.25, 0.3) is 11.4 Å². The van der Waals surface area contributed by atoms with Crippen molar-refractivity contribution in [3.8, 4) is 22.9 Å². The second kappa shape index (κ2) is 8.82. The first kappa shape index (κ1) is 22.0. The number of aromatic amines is 1. The number of methoxy groups -OCH3 is 1. The van der Waals surface area contributed by atoms with Crippen molar-refractivity contribution in [1.82, 2.24) is 25.0 Å². The second-order valence-electron chi connectivity index (χ2n) is 7.83. The molecule has 1 aliphatic rings. The number of aromatic nitrogens is 4. The number of imidazole rings is 1. The number of H-pyrrole nitrogens is 1. The van der Waals surface area contributed by atoms with Gasteiger partial charge < -0.3 is 19.0 Å². The number of alkyl halides is 3. The Bertz CT molecular complexity index is 1270. The average molecular weight is 471 g/mol. The Morgan fingerprint density at radius 1 is 1.15 bits per heavy atom. The van der Waals surface area contributed by atoms with Crippen molar-refractivity contribution in [2.45, 2.75) is 31.9 Å². The Hall–Kier alpha value is -3.86. The Morgan fingerprint density at radius 2 is 1.97 bits per heavy atom. The molecule has 0 bridgehead atoms. The van der Waals surface area contributed by atoms with Crippen LogP contribution in [0.15, 0.2) is 59.4 Å². The highest BCUT2D eigenvalue weighted by atomic mass is 19.4. The summed E-state index contributed by atoms with van der Waals surface area (Å²) in [5, 5.41) is 4.13. The molecular weight excluding hydrogens is 451 g/mol. The van der Waals surface area contributed by atoms with E-state index >= 15 is 0 Å². The highest BCUT2D eigenvalue weighted by Crippen LogP contribution is 2.34. The summed E-state index contributed by atoms with van der Waals surface area (Å²) in [6, 6.07) is 12.9. The molecule has 8 nitrogen and oxygen atoms in total. The molecule has 1 atom stereocenters. The van der Waals surface area contributed by atoms with E-state index in [0.29, 0.717) is 42.5 Å². The first-order valence-electron chi connectivity index (χ1n) is 10.5. The number of benzene rings is 2. The first-order chi connectivity index (χ1) is 16.4. The van der Waals surface area contributed by atoms with Gasteiger partial charge in [0.25, 0.3) is 0 Å². The molecule has 176 valence electrons. The zero-order chi connectivity index (χ0) is 23.7. The van der Waals surface area contributed by atoms with E-state index < -0.39 is 6.36 Å². The van der Waals surface area contributed by atoms with E-state index in [2.05, 4.69) is 29.7 Å². The Morgan fingerprint density at radius 3 is 2.74 bits per heavy atom. The van der Waals surface area contributed by atoms with Crippen molar-refractivity contribution >= 4 is 0 Å². The van der Waals surface area contributed by atoms with Crippen LogP contribution in [-0.4, -0.2) is 38.5 Å². The van der Waals surface area contributed by atoms with Gasteiger partial charge in [-0.05, 0) is 42.0 Å². The number of hydrogen-bond donors (Lipinski definition) is 1. The maximum absolute atomic E-state index is 12.7. The van der Waals surface area contributed by atoms with Crippen molar-refractivity contribution in [1.29, 1.82) is 0 Å². The third-order valence-corrected chi connectivity index (χ3v) is 5.59. The topological polar surface area (TPSA) is 89.3 Å². The van der Waals surface area contributed by atoms with Crippen LogP contribution in [-0.2, 0) is 19.5 Å². The number of nitrogens with one attached hydrogen (secondary N) is 1. The Balaban J connectivity index is 1.41. The fourth-order valence-electron chi connectivity index (χ4n) is 4.00. The molecule has 5 rings (SSSR count). The lowest BCUT2D eigenvalue weighted by atomic mass is 10.0. The van der Waals surface area contributed by atoms with Gasteiger partial charge in [-0.15, -0.1) is 13.2 Å². The Kier molecular flexibility index (Phi) is 5.70. The summed E-state index contributed by atoms with van der Waals surface area (Å²) in [5.41, 5.74) is 3.26. The van der Waals surface area contributed by atoms with Crippen LogP contribution in [0.1, 0.15) is 28.9 Å². The molecule has 0 amide bonds. The van der Waals surface area contributed by atoms with E-state index in [0.717, 1.165) is 17.0 Å². The molecule has 0 fully saturated rings. The molecule has 0 saturated carbocycles. The van der Waals surface area contributed by atoms with Gasteiger partial charge in [0.15, 0.2) is 0 Å². The lowest BCUT2D eigenvalue weighted by molar-refractivity contribution is -0.274. The lowest BCUT2D eigenvalue weighted by Crippen LogP contribution is -2.34. The zero-order valence-electron chi connectivity index (χ0n) is 18.0. The summed E-state index contributed by atoms with van der Waals surface area (Å²) in [6.07, 6.45) is -2.61. The SMILES string of the molecule is COc1ccc(-c2noc(C3Cc4nc[nH]c4CN3Cc3cccc(OC(F)(F)F)c3)n2)cc1. The second-order valence-corrected chi connectivity index (χ2v) is 7.83. The highest BCUT2D eigenvalue weighted by molar-refractivity contribution is 5.55. The number of hydrogen-bond acceptors (Lipinski definition) is 7. The van der Waals surface area contributed by atoms with Gasteiger partial charge >= 0.3 is 6.36 Å². The van der Waals surface area contributed by atoms with Gasteiger partial charge in [-0.3, -0.25) is 4.90 Å². The molecule has 2 aromatic heterocycles. The number of fused-ring (bicyclic) bond motifs is 1. The van der Waals surface area contributed by atoms with Crippen molar-refractivity contribution in [3.63, 3.8) is 0 Å². The van der Waals surface area contributed by atoms with Crippen molar-refractivity contribution in [2.24, 2.45) is 0 Å². The molecule has 4 aromatic rings. The molecule has 0 radical (unpaired) electrons. The summed E-state index contributed by atoms with van der Waals surface area (Å²) in [7, 11) is 1.59. The first-order valence-corrected chi connectivity index (χ1v) is 10.5. The molecule has 1 aliphatic heterocycles. The molecule has 34 heavy (non-hydrogen) atoms. The van der Waals surface area contributed by atoms with E-state index in [4.69, 9.17) is 9.26 Å². The van der Waals surface area contributed by atoms with E-state index in [1.54, 1.807) is 19.5 Å². The summed E-state index contributed by atoms with van der Waals surface area (Å²) in [5.74, 6) is 1.29. The molecule has 3 heterocycles. The molecule has 0 aliphatic carbocycles. The monoisotopic (exact) mass is 471 g/mol. The van der Waals surface area contributed by atoms with Crippen molar-refractivity contribution in [3.05, 3.63) is 77.7 Å². The van der Waals surface area contributed by atoms with Crippen LogP contribution in [0.3, 0.4) is 0 Å². The van der Waals surface area contributed by atoms with E-state index in [-0.39, 0.29) is 11.8 Å². The number of nitrogens with zero attached hydrogens (tertiary/aromatic N) is 4. The van der Waals surface area contributed by atoms with Crippen LogP contribution >= 0.6 is 0 Å². The van der Waals surface area contributed by atoms with Crippen molar-refractivity contribution < 1.29 is 27.2 Å². The lowest BCUT2D eigenvalue weighted by Gasteiger charge is -2.32. The number of halogens is 3. The van der Waals surface area contributed by atoms with Gasteiger partial charge in [-0.25, -0.2) is 4.98 Å². The maximum atomic E-state index is 12.7. The molecular formula is C23H20F3N5O3. The minimum atomic E-state index is -4.75. The number of rotatable bonds is 6. The van der Waals surface area contributed by atoms with Gasteiger partial charge in [0.1, 0.15) is 11.5 Å². The van der Waals surface area contributed by atoms with E-state index in [9.17, 15) is 13.2 Å². The summed E-state index contributed by atoms with van der Waals surface area (Å²) in [6.45, 7) is 0.836. The maximum Gasteiger partial charge on any atom is 0.573 e. The van der Waals surface area contributed by atoms with Gasteiger partial charge in [-0.2, -0.15) is 4.98 Å². The zero-order valence-corrected chi connectivity index (χ0v) is 18.0. The van der Waals surface area contributed by atoms with Crippen molar-refractivity contribution in [2.75, 3.05) is 7.11 Å². The van der Waals surface area contributed by atoms with Crippen LogP contribution in [0, 0.1) is 0 Å². The Labute approximate surface area is 192 Å². The van der Waals surface area contributed by atoms with Gasteiger partial charge in [0.2, 0.25) is 11.7 Å². The van der Waals surface area contributed by atoms with Gasteiger partial charge in [-0.1, -0.05) is 17.3 Å². The summed E-state index contributed by atoms with van der Waals surface area (Å²) >= 11 is 0.